The Hall–Kier alpha value is -1.51. The Labute approximate surface area is 103 Å². The molecule has 0 atom stereocenters. The first-order valence-corrected chi connectivity index (χ1v) is 6.33. The molecule has 2 N–H and O–H groups in total. The molecule has 1 aromatic carbocycles. The third-order valence-corrected chi connectivity index (χ3v) is 3.49. The Morgan fingerprint density at radius 1 is 1.12 bits per heavy atom. The largest absolute Gasteiger partial charge is 0.382 e. The number of benzene rings is 1. The summed E-state index contributed by atoms with van der Waals surface area (Å²) in [5.74, 6) is 0.414. The minimum Gasteiger partial charge on any atom is -0.382 e. The molecule has 0 bridgehead atoms. The highest BCUT2D eigenvalue weighted by Crippen LogP contribution is 2.26. The summed E-state index contributed by atoms with van der Waals surface area (Å²) in [5.41, 5.74) is 1.18. The maximum Gasteiger partial charge on any atom is 0.222 e. The van der Waals surface area contributed by atoms with Gasteiger partial charge in [0.15, 0.2) is 0 Å². The summed E-state index contributed by atoms with van der Waals surface area (Å²) in [6, 6.07) is 10.8. The third kappa shape index (κ3) is 3.22. The van der Waals surface area contributed by atoms with Crippen molar-refractivity contribution in [3.8, 4) is 0 Å². The molecule has 0 radical (unpaired) electrons. The van der Waals surface area contributed by atoms with E-state index in [1.807, 2.05) is 18.2 Å². The molecule has 0 aromatic heterocycles. The van der Waals surface area contributed by atoms with Gasteiger partial charge in [-0.2, -0.15) is 0 Å². The lowest BCUT2D eigenvalue weighted by molar-refractivity contribution is -0.125. The zero-order valence-electron chi connectivity index (χ0n) is 10.3. The van der Waals surface area contributed by atoms with E-state index in [1.54, 1.807) is 7.05 Å². The molecule has 0 heterocycles. The number of carbonyl (C=O) groups is 1. The second-order valence-electron chi connectivity index (χ2n) is 4.67. The van der Waals surface area contributed by atoms with Crippen molar-refractivity contribution in [3.05, 3.63) is 30.3 Å². The van der Waals surface area contributed by atoms with Gasteiger partial charge in [-0.3, -0.25) is 4.79 Å². The second kappa shape index (κ2) is 5.71. The van der Waals surface area contributed by atoms with E-state index >= 15 is 0 Å². The fraction of sp³-hybridized carbons (Fsp3) is 0.500. The van der Waals surface area contributed by atoms with Crippen LogP contribution in [0.1, 0.15) is 25.7 Å². The fourth-order valence-corrected chi connectivity index (χ4v) is 2.47. The van der Waals surface area contributed by atoms with Crippen molar-refractivity contribution in [1.82, 2.24) is 5.32 Å². The first-order chi connectivity index (χ1) is 8.29. The van der Waals surface area contributed by atoms with E-state index in [2.05, 4.69) is 22.8 Å². The van der Waals surface area contributed by atoms with E-state index in [-0.39, 0.29) is 11.8 Å². The van der Waals surface area contributed by atoms with Gasteiger partial charge in [0.25, 0.3) is 0 Å². The van der Waals surface area contributed by atoms with E-state index in [4.69, 9.17) is 0 Å². The molecule has 1 aromatic rings. The molecule has 3 heteroatoms. The van der Waals surface area contributed by atoms with Gasteiger partial charge in [0.05, 0.1) is 0 Å². The molecule has 0 unspecified atom stereocenters. The zero-order chi connectivity index (χ0) is 12.1. The summed E-state index contributed by atoms with van der Waals surface area (Å²) in [6.07, 6.45) is 4.13. The van der Waals surface area contributed by atoms with Crippen LogP contribution in [0.4, 0.5) is 5.69 Å². The molecule has 1 amide bonds. The van der Waals surface area contributed by atoms with Gasteiger partial charge in [-0.1, -0.05) is 18.2 Å². The van der Waals surface area contributed by atoms with Gasteiger partial charge in [-0.25, -0.2) is 0 Å². The first-order valence-electron chi connectivity index (χ1n) is 6.33. The summed E-state index contributed by atoms with van der Waals surface area (Å²) in [6.45, 7) is 0. The molecule has 0 aliphatic heterocycles. The number of amides is 1. The molecule has 1 aliphatic carbocycles. The van der Waals surface area contributed by atoms with Crippen molar-refractivity contribution >= 4 is 11.6 Å². The average Bonchev–Trinajstić information content (AvgIpc) is 2.40. The number of hydrogen-bond acceptors (Lipinski definition) is 2. The minimum atomic E-state index is 0.197. The molecule has 3 nitrogen and oxygen atoms in total. The molecule has 92 valence electrons. The molecule has 2 rings (SSSR count). The van der Waals surface area contributed by atoms with Crippen molar-refractivity contribution in [1.29, 1.82) is 0 Å². The van der Waals surface area contributed by atoms with Crippen LogP contribution in [0, 0.1) is 5.92 Å². The van der Waals surface area contributed by atoms with Crippen LogP contribution in [0.25, 0.3) is 0 Å². The molecular formula is C14H20N2O. The number of anilines is 1. The van der Waals surface area contributed by atoms with Crippen LogP contribution in [0.2, 0.25) is 0 Å². The number of para-hydroxylation sites is 1. The van der Waals surface area contributed by atoms with Crippen LogP contribution in [-0.2, 0) is 4.79 Å². The Morgan fingerprint density at radius 3 is 2.35 bits per heavy atom. The van der Waals surface area contributed by atoms with E-state index < -0.39 is 0 Å². The van der Waals surface area contributed by atoms with Crippen molar-refractivity contribution in [3.63, 3.8) is 0 Å². The number of rotatable bonds is 3. The molecule has 1 fully saturated rings. The van der Waals surface area contributed by atoms with Gasteiger partial charge in [0.2, 0.25) is 5.91 Å². The summed E-state index contributed by atoms with van der Waals surface area (Å²) < 4.78 is 0. The molecule has 1 saturated carbocycles. The standard InChI is InChI=1S/C14H20N2O/c1-15-14(17)11-7-9-13(10-8-11)16-12-5-3-2-4-6-12/h2-6,11,13,16H,7-10H2,1H3,(H,15,17). The van der Waals surface area contributed by atoms with Crippen molar-refractivity contribution in [2.24, 2.45) is 5.92 Å². The third-order valence-electron chi connectivity index (χ3n) is 3.49. The normalized spacial score (nSPS) is 24.1. The lowest BCUT2D eigenvalue weighted by atomic mass is 9.85. The summed E-state index contributed by atoms with van der Waals surface area (Å²) in [4.78, 5) is 11.5. The van der Waals surface area contributed by atoms with Crippen LogP contribution >= 0.6 is 0 Å². The molecular weight excluding hydrogens is 212 g/mol. The summed E-state index contributed by atoms with van der Waals surface area (Å²) in [5, 5.41) is 6.27. The van der Waals surface area contributed by atoms with Gasteiger partial charge in [-0.05, 0) is 37.8 Å². The first kappa shape index (κ1) is 12.0. The molecule has 0 saturated heterocycles. The number of hydrogen-bond donors (Lipinski definition) is 2. The topological polar surface area (TPSA) is 41.1 Å². The Morgan fingerprint density at radius 2 is 1.76 bits per heavy atom. The number of nitrogens with one attached hydrogen (secondary N) is 2. The van der Waals surface area contributed by atoms with Gasteiger partial charge in [0, 0.05) is 24.7 Å². The summed E-state index contributed by atoms with van der Waals surface area (Å²) >= 11 is 0. The monoisotopic (exact) mass is 232 g/mol. The SMILES string of the molecule is CNC(=O)C1CCC(Nc2ccccc2)CC1. The Kier molecular flexibility index (Phi) is 4.02. The second-order valence-corrected chi connectivity index (χ2v) is 4.67. The van der Waals surface area contributed by atoms with Crippen LogP contribution < -0.4 is 10.6 Å². The van der Waals surface area contributed by atoms with Crippen LogP contribution in [0.5, 0.6) is 0 Å². The minimum absolute atomic E-state index is 0.197. The van der Waals surface area contributed by atoms with E-state index in [9.17, 15) is 4.79 Å². The lowest BCUT2D eigenvalue weighted by Gasteiger charge is -2.28. The van der Waals surface area contributed by atoms with Crippen molar-refractivity contribution < 1.29 is 4.79 Å². The van der Waals surface area contributed by atoms with E-state index in [0.29, 0.717) is 6.04 Å². The van der Waals surface area contributed by atoms with Crippen molar-refractivity contribution in [2.75, 3.05) is 12.4 Å². The molecule has 0 spiro atoms. The highest BCUT2D eigenvalue weighted by atomic mass is 16.1. The zero-order valence-corrected chi connectivity index (χ0v) is 10.3. The van der Waals surface area contributed by atoms with Gasteiger partial charge < -0.3 is 10.6 Å². The maximum absolute atomic E-state index is 11.5. The molecule has 1 aliphatic rings. The van der Waals surface area contributed by atoms with Crippen LogP contribution in [-0.4, -0.2) is 19.0 Å². The van der Waals surface area contributed by atoms with Crippen molar-refractivity contribution in [2.45, 2.75) is 31.7 Å². The van der Waals surface area contributed by atoms with Gasteiger partial charge in [0.1, 0.15) is 0 Å². The molecule has 17 heavy (non-hydrogen) atoms. The highest BCUT2D eigenvalue weighted by molar-refractivity contribution is 5.78. The smallest absolute Gasteiger partial charge is 0.222 e. The van der Waals surface area contributed by atoms with Gasteiger partial charge >= 0.3 is 0 Å². The van der Waals surface area contributed by atoms with Gasteiger partial charge in [-0.15, -0.1) is 0 Å². The van der Waals surface area contributed by atoms with E-state index in [1.165, 1.54) is 5.69 Å². The van der Waals surface area contributed by atoms with Crippen LogP contribution in [0.15, 0.2) is 30.3 Å². The Bertz CT molecular complexity index is 356. The predicted octanol–water partition coefficient (Wildman–Crippen LogP) is 2.40. The fourth-order valence-electron chi connectivity index (χ4n) is 2.47. The maximum atomic E-state index is 11.5. The quantitative estimate of drug-likeness (QED) is 0.840. The average molecular weight is 232 g/mol. The van der Waals surface area contributed by atoms with Crippen LogP contribution in [0.3, 0.4) is 0 Å². The summed E-state index contributed by atoms with van der Waals surface area (Å²) in [7, 11) is 1.72. The predicted molar refractivity (Wildman–Crippen MR) is 69.9 cm³/mol. The lowest BCUT2D eigenvalue weighted by Crippen LogP contribution is -2.34. The number of carbonyl (C=O) groups excluding carboxylic acids is 1. The Balaban J connectivity index is 1.82. The highest BCUT2D eigenvalue weighted by Gasteiger charge is 2.25. The van der Waals surface area contributed by atoms with E-state index in [0.717, 1.165) is 25.7 Å².